The molecule has 7 nitrogen and oxygen atoms in total. The highest BCUT2D eigenvalue weighted by atomic mass is 32.2. The molecule has 0 radical (unpaired) electrons. The predicted octanol–water partition coefficient (Wildman–Crippen LogP) is 4.64. The number of carbonyl (C=O) groups excluding carboxylic acids is 3. The van der Waals surface area contributed by atoms with Crippen molar-refractivity contribution in [2.24, 2.45) is 5.41 Å². The van der Waals surface area contributed by atoms with E-state index in [9.17, 15) is 14.4 Å². The zero-order chi connectivity index (χ0) is 24.2. The third-order valence-electron chi connectivity index (χ3n) is 5.32. The molecule has 3 rings (SSSR count). The molecule has 1 aromatic heterocycles. The summed E-state index contributed by atoms with van der Waals surface area (Å²) < 4.78 is 10.5. The quantitative estimate of drug-likeness (QED) is 0.562. The predicted molar refractivity (Wildman–Crippen MR) is 127 cm³/mol. The first kappa shape index (κ1) is 24.8. The number of amides is 2. The fourth-order valence-electron chi connectivity index (χ4n) is 3.21. The normalized spacial score (nSPS) is 19.2. The Morgan fingerprint density at radius 1 is 1.15 bits per heavy atom. The fourth-order valence-corrected chi connectivity index (χ4v) is 4.15. The molecule has 2 atom stereocenters. The molecule has 33 heavy (non-hydrogen) atoms. The number of benzene rings is 1. The van der Waals surface area contributed by atoms with Crippen molar-refractivity contribution in [1.82, 2.24) is 10.3 Å². The van der Waals surface area contributed by atoms with Crippen LogP contribution in [0.2, 0.25) is 0 Å². The van der Waals surface area contributed by atoms with E-state index in [0.29, 0.717) is 19.4 Å². The van der Waals surface area contributed by atoms with Crippen molar-refractivity contribution in [2.75, 3.05) is 6.61 Å². The largest absolute Gasteiger partial charge is 0.493 e. The van der Waals surface area contributed by atoms with Crippen molar-refractivity contribution in [3.05, 3.63) is 59.4 Å². The molecule has 2 aromatic rings. The summed E-state index contributed by atoms with van der Waals surface area (Å²) in [7, 11) is 0. The van der Waals surface area contributed by atoms with E-state index in [4.69, 9.17) is 9.47 Å². The Bertz CT molecular complexity index is 1010. The van der Waals surface area contributed by atoms with E-state index in [-0.39, 0.29) is 23.2 Å². The van der Waals surface area contributed by atoms with Gasteiger partial charge in [-0.1, -0.05) is 18.2 Å². The summed E-state index contributed by atoms with van der Waals surface area (Å²) >= 11 is 1.03. The minimum atomic E-state index is -0.778. The molecule has 2 heterocycles. The maximum atomic E-state index is 12.1. The Labute approximate surface area is 198 Å². The van der Waals surface area contributed by atoms with E-state index in [1.807, 2.05) is 64.1 Å². The van der Waals surface area contributed by atoms with Crippen LogP contribution in [0.5, 0.6) is 5.75 Å². The van der Waals surface area contributed by atoms with E-state index in [0.717, 1.165) is 34.3 Å². The van der Waals surface area contributed by atoms with Crippen LogP contribution in [-0.2, 0) is 27.2 Å². The third-order valence-corrected chi connectivity index (χ3v) is 6.39. The molecule has 2 unspecified atom stereocenters. The summed E-state index contributed by atoms with van der Waals surface area (Å²) in [6.07, 6.45) is 2.47. The van der Waals surface area contributed by atoms with Gasteiger partial charge in [0, 0.05) is 23.9 Å². The van der Waals surface area contributed by atoms with E-state index in [2.05, 4.69) is 10.3 Å². The first-order valence-electron chi connectivity index (χ1n) is 10.9. The first-order valence-corrected chi connectivity index (χ1v) is 11.7. The molecule has 1 fully saturated rings. The second-order valence-electron chi connectivity index (χ2n) is 9.37. The van der Waals surface area contributed by atoms with Crippen LogP contribution in [0.1, 0.15) is 57.5 Å². The number of nitrogens with zero attached hydrogens (tertiary/aromatic N) is 1. The van der Waals surface area contributed by atoms with Gasteiger partial charge in [0.15, 0.2) is 0 Å². The van der Waals surface area contributed by atoms with Gasteiger partial charge in [-0.25, -0.2) is 0 Å². The number of pyridine rings is 1. The third kappa shape index (κ3) is 6.57. The molecule has 0 aliphatic carbocycles. The number of carbonyl (C=O) groups is 3. The Balaban J connectivity index is 1.47. The number of aromatic nitrogens is 1. The SMILES string of the molecule is CC(OC(=O)C(C)(C)C)c1ccc(CCOc2ccc(CC3(C)SC(=O)NC3=O)cc2)nc1. The average molecular weight is 471 g/mol. The lowest BCUT2D eigenvalue weighted by Gasteiger charge is -2.21. The van der Waals surface area contributed by atoms with Gasteiger partial charge in [0.1, 0.15) is 16.6 Å². The van der Waals surface area contributed by atoms with Crippen LogP contribution in [0, 0.1) is 5.41 Å². The molecule has 1 saturated heterocycles. The number of imide groups is 1. The molecule has 0 saturated carbocycles. The molecule has 2 amide bonds. The van der Waals surface area contributed by atoms with E-state index in [1.54, 1.807) is 13.1 Å². The Hall–Kier alpha value is -2.87. The van der Waals surface area contributed by atoms with Crippen LogP contribution in [0.4, 0.5) is 4.79 Å². The van der Waals surface area contributed by atoms with Crippen molar-refractivity contribution in [1.29, 1.82) is 0 Å². The van der Waals surface area contributed by atoms with Crippen LogP contribution < -0.4 is 10.1 Å². The van der Waals surface area contributed by atoms with Crippen LogP contribution in [0.3, 0.4) is 0 Å². The number of hydrogen-bond donors (Lipinski definition) is 1. The molecule has 176 valence electrons. The molecule has 1 N–H and O–H groups in total. The first-order chi connectivity index (χ1) is 15.5. The van der Waals surface area contributed by atoms with Gasteiger partial charge in [-0.15, -0.1) is 0 Å². The zero-order valence-electron chi connectivity index (χ0n) is 19.6. The van der Waals surface area contributed by atoms with Crippen molar-refractivity contribution in [3.63, 3.8) is 0 Å². The fraction of sp³-hybridized carbons (Fsp3) is 0.440. The number of rotatable bonds is 8. The van der Waals surface area contributed by atoms with Gasteiger partial charge < -0.3 is 9.47 Å². The standard InChI is InChI=1S/C25H30N2O5S/c1-16(32-22(29)24(2,3)4)18-8-9-19(26-15-18)12-13-31-20-10-6-17(7-11-20)14-25(5)21(28)27-23(30)33-25/h6-11,15-16H,12-14H2,1-5H3,(H,27,28,30). The molecule has 0 bridgehead atoms. The van der Waals surface area contributed by atoms with E-state index in [1.165, 1.54) is 0 Å². The molecular weight excluding hydrogens is 440 g/mol. The average Bonchev–Trinajstić information content (AvgIpc) is 3.00. The molecule has 0 spiro atoms. The number of nitrogens with one attached hydrogen (secondary N) is 1. The Morgan fingerprint density at radius 2 is 1.85 bits per heavy atom. The highest BCUT2D eigenvalue weighted by molar-refractivity contribution is 8.16. The smallest absolute Gasteiger partial charge is 0.311 e. The lowest BCUT2D eigenvalue weighted by atomic mass is 9.97. The minimum Gasteiger partial charge on any atom is -0.493 e. The van der Waals surface area contributed by atoms with Gasteiger partial charge in [0.05, 0.1) is 12.0 Å². The van der Waals surface area contributed by atoms with Crippen molar-refractivity contribution < 1.29 is 23.9 Å². The van der Waals surface area contributed by atoms with Gasteiger partial charge in [0.25, 0.3) is 5.24 Å². The Kier molecular flexibility index (Phi) is 7.47. The van der Waals surface area contributed by atoms with Crippen LogP contribution in [0.25, 0.3) is 0 Å². The highest BCUT2D eigenvalue weighted by Gasteiger charge is 2.43. The van der Waals surface area contributed by atoms with Gasteiger partial charge in [-0.3, -0.25) is 24.7 Å². The zero-order valence-corrected chi connectivity index (χ0v) is 20.5. The lowest BCUT2D eigenvalue weighted by Crippen LogP contribution is -2.35. The molecule has 8 heteroatoms. The van der Waals surface area contributed by atoms with E-state index >= 15 is 0 Å². The summed E-state index contributed by atoms with van der Waals surface area (Å²) in [6.45, 7) is 9.55. The van der Waals surface area contributed by atoms with Crippen LogP contribution in [0.15, 0.2) is 42.6 Å². The molecular formula is C25H30N2O5S. The highest BCUT2D eigenvalue weighted by Crippen LogP contribution is 2.35. The maximum absolute atomic E-state index is 12.1. The molecule has 1 aromatic carbocycles. The topological polar surface area (TPSA) is 94.6 Å². The second-order valence-corrected chi connectivity index (χ2v) is 10.9. The number of hydrogen-bond acceptors (Lipinski definition) is 7. The number of thioether (sulfide) groups is 1. The van der Waals surface area contributed by atoms with Gasteiger partial charge in [0.2, 0.25) is 5.91 Å². The monoisotopic (exact) mass is 470 g/mol. The minimum absolute atomic E-state index is 0.244. The Morgan fingerprint density at radius 3 is 2.39 bits per heavy atom. The second kappa shape index (κ2) is 9.95. The lowest BCUT2D eigenvalue weighted by molar-refractivity contribution is -0.158. The van der Waals surface area contributed by atoms with E-state index < -0.39 is 10.2 Å². The molecule has 1 aliphatic heterocycles. The number of ether oxygens (including phenoxy) is 2. The molecule has 1 aliphatic rings. The van der Waals surface area contributed by atoms with Crippen LogP contribution in [-0.4, -0.2) is 33.5 Å². The maximum Gasteiger partial charge on any atom is 0.311 e. The van der Waals surface area contributed by atoms with Crippen molar-refractivity contribution >= 4 is 28.9 Å². The number of esters is 1. The summed E-state index contributed by atoms with van der Waals surface area (Å²) in [5.74, 6) is 0.229. The summed E-state index contributed by atoms with van der Waals surface area (Å²) in [6, 6.07) is 11.4. The van der Waals surface area contributed by atoms with Crippen LogP contribution >= 0.6 is 11.8 Å². The summed E-state index contributed by atoms with van der Waals surface area (Å²) in [5.41, 5.74) is 2.14. The van der Waals surface area contributed by atoms with Crippen molar-refractivity contribution in [2.45, 2.75) is 58.3 Å². The van der Waals surface area contributed by atoms with Gasteiger partial charge in [-0.2, -0.15) is 0 Å². The summed E-state index contributed by atoms with van der Waals surface area (Å²) in [5, 5.41) is 2.04. The van der Waals surface area contributed by atoms with Gasteiger partial charge in [-0.05, 0) is 76.6 Å². The van der Waals surface area contributed by atoms with Gasteiger partial charge >= 0.3 is 5.97 Å². The summed E-state index contributed by atoms with van der Waals surface area (Å²) in [4.78, 5) is 40.0. The van der Waals surface area contributed by atoms with Crippen molar-refractivity contribution in [3.8, 4) is 5.75 Å².